The van der Waals surface area contributed by atoms with E-state index in [0.717, 1.165) is 12.2 Å². The Morgan fingerprint density at radius 2 is 2.12 bits per heavy atom. The van der Waals surface area contributed by atoms with E-state index in [1.807, 2.05) is 11.6 Å². The summed E-state index contributed by atoms with van der Waals surface area (Å²) in [6, 6.07) is 6.72. The van der Waals surface area contributed by atoms with Crippen LogP contribution < -0.4 is 5.73 Å². The maximum absolute atomic E-state index is 5.69. The third-order valence-corrected chi connectivity index (χ3v) is 3.51. The molecule has 2 N–H and O–H groups in total. The zero-order valence-corrected chi connectivity index (χ0v) is 9.98. The molecule has 0 saturated carbocycles. The Kier molecular flexibility index (Phi) is 2.35. The number of nitrogens with two attached hydrogens (primary N) is 1. The Morgan fingerprint density at radius 3 is 2.88 bits per heavy atom. The van der Waals surface area contributed by atoms with Crippen LogP contribution in [0.5, 0.6) is 0 Å². The van der Waals surface area contributed by atoms with E-state index in [9.17, 15) is 0 Å². The molecule has 4 heteroatoms. The highest BCUT2D eigenvalue weighted by Gasteiger charge is 2.12. The topological polar surface area (TPSA) is 56.7 Å². The number of aryl methyl sites for hydroxylation is 2. The molecule has 0 saturated heterocycles. The number of nitrogens with zero attached hydrogens (tertiary/aromatic N) is 3. The maximum Gasteiger partial charge on any atom is 0.168 e. The van der Waals surface area contributed by atoms with Gasteiger partial charge in [-0.1, -0.05) is 23.4 Å². The summed E-state index contributed by atoms with van der Waals surface area (Å²) in [6.07, 6.45) is 3.72. The fourth-order valence-electron chi connectivity index (χ4n) is 2.42. The van der Waals surface area contributed by atoms with E-state index in [2.05, 4.69) is 28.5 Å². The van der Waals surface area contributed by atoms with E-state index in [0.29, 0.717) is 5.82 Å². The van der Waals surface area contributed by atoms with E-state index in [4.69, 9.17) is 5.73 Å². The highest BCUT2D eigenvalue weighted by atomic mass is 15.4. The van der Waals surface area contributed by atoms with Gasteiger partial charge in [-0.2, -0.15) is 0 Å². The van der Waals surface area contributed by atoms with Gasteiger partial charge in [0, 0.05) is 0 Å². The smallest absolute Gasteiger partial charge is 0.168 e. The number of aromatic nitrogens is 3. The first-order chi connectivity index (χ1) is 8.24. The third kappa shape index (κ3) is 1.79. The number of fused-ring (bicyclic) bond motifs is 1. The maximum atomic E-state index is 5.69. The Bertz CT molecular complexity index is 557. The lowest BCUT2D eigenvalue weighted by Gasteiger charge is -2.06. The van der Waals surface area contributed by atoms with Crippen LogP contribution in [-0.2, 0) is 19.4 Å². The van der Waals surface area contributed by atoms with Crippen molar-refractivity contribution in [2.24, 2.45) is 0 Å². The molecular weight excluding hydrogens is 212 g/mol. The van der Waals surface area contributed by atoms with Gasteiger partial charge in [0.15, 0.2) is 5.82 Å². The molecule has 1 aliphatic rings. The van der Waals surface area contributed by atoms with Gasteiger partial charge in [-0.15, -0.1) is 5.10 Å². The molecule has 1 aromatic carbocycles. The normalized spacial score (nSPS) is 13.9. The Balaban J connectivity index is 1.88. The van der Waals surface area contributed by atoms with Gasteiger partial charge in [-0.3, -0.25) is 0 Å². The van der Waals surface area contributed by atoms with Crippen molar-refractivity contribution >= 4 is 5.82 Å². The van der Waals surface area contributed by atoms with E-state index in [-0.39, 0.29) is 0 Å². The lowest BCUT2D eigenvalue weighted by atomic mass is 10.1. The largest absolute Gasteiger partial charge is 0.381 e. The molecule has 0 aliphatic heterocycles. The fraction of sp³-hybridized carbons (Fsp3) is 0.385. The predicted octanol–water partition coefficient (Wildman–Crippen LogP) is 1.71. The van der Waals surface area contributed by atoms with Gasteiger partial charge < -0.3 is 5.73 Å². The predicted molar refractivity (Wildman–Crippen MR) is 66.7 cm³/mol. The molecule has 0 atom stereocenters. The molecule has 0 unspecified atom stereocenters. The first-order valence-corrected chi connectivity index (χ1v) is 6.00. The van der Waals surface area contributed by atoms with E-state index < -0.39 is 0 Å². The van der Waals surface area contributed by atoms with E-state index in [1.54, 1.807) is 0 Å². The SMILES string of the molecule is Cc1c(N)nnn1Cc1ccc2c(c1)CCC2. The lowest BCUT2D eigenvalue weighted by Crippen LogP contribution is -2.05. The van der Waals surface area contributed by atoms with Crippen LogP contribution in [0, 0.1) is 6.92 Å². The van der Waals surface area contributed by atoms with Crippen LogP contribution in [0.2, 0.25) is 0 Å². The summed E-state index contributed by atoms with van der Waals surface area (Å²) in [5.41, 5.74) is 10.9. The van der Waals surface area contributed by atoms with Crippen LogP contribution >= 0.6 is 0 Å². The van der Waals surface area contributed by atoms with Crippen molar-refractivity contribution < 1.29 is 0 Å². The quantitative estimate of drug-likeness (QED) is 0.851. The van der Waals surface area contributed by atoms with Crippen LogP contribution in [0.15, 0.2) is 18.2 Å². The Hall–Kier alpha value is -1.84. The van der Waals surface area contributed by atoms with Gasteiger partial charge in [0.1, 0.15) is 0 Å². The summed E-state index contributed by atoms with van der Waals surface area (Å²) in [6.45, 7) is 2.70. The van der Waals surface area contributed by atoms with Crippen molar-refractivity contribution in [3.8, 4) is 0 Å². The van der Waals surface area contributed by atoms with Crippen LogP contribution in [0.4, 0.5) is 5.82 Å². The average Bonchev–Trinajstić information content (AvgIpc) is 2.90. The summed E-state index contributed by atoms with van der Waals surface area (Å²) in [5.74, 6) is 0.520. The van der Waals surface area contributed by atoms with Crippen LogP contribution in [0.1, 0.15) is 28.8 Å². The van der Waals surface area contributed by atoms with E-state index in [1.165, 1.54) is 36.0 Å². The zero-order chi connectivity index (χ0) is 11.8. The average molecular weight is 228 g/mol. The fourth-order valence-corrected chi connectivity index (χ4v) is 2.42. The van der Waals surface area contributed by atoms with Gasteiger partial charge in [-0.25, -0.2) is 4.68 Å². The van der Waals surface area contributed by atoms with Crippen molar-refractivity contribution in [1.82, 2.24) is 15.0 Å². The second kappa shape index (κ2) is 3.87. The molecule has 1 aromatic heterocycles. The molecule has 3 rings (SSSR count). The van der Waals surface area contributed by atoms with Crippen molar-refractivity contribution in [2.75, 3.05) is 5.73 Å². The highest BCUT2D eigenvalue weighted by molar-refractivity contribution is 5.36. The molecule has 0 radical (unpaired) electrons. The molecule has 1 heterocycles. The molecule has 0 spiro atoms. The van der Waals surface area contributed by atoms with Crippen LogP contribution in [0.25, 0.3) is 0 Å². The molecule has 1 aliphatic carbocycles. The number of nitrogen functional groups attached to an aromatic ring is 1. The second-order valence-corrected chi connectivity index (χ2v) is 4.67. The monoisotopic (exact) mass is 228 g/mol. The molecule has 0 fully saturated rings. The van der Waals surface area contributed by atoms with Crippen LogP contribution in [-0.4, -0.2) is 15.0 Å². The van der Waals surface area contributed by atoms with Gasteiger partial charge in [0.25, 0.3) is 0 Å². The first kappa shape index (κ1) is 10.3. The molecule has 4 nitrogen and oxygen atoms in total. The third-order valence-electron chi connectivity index (χ3n) is 3.51. The standard InChI is InChI=1S/C13H16N4/c1-9-13(14)15-16-17(9)8-10-5-6-11-3-2-4-12(11)7-10/h5-7H,2-4,8,14H2,1H3. The summed E-state index contributed by atoms with van der Waals surface area (Å²) < 4.78 is 1.85. The lowest BCUT2D eigenvalue weighted by molar-refractivity contribution is 0.633. The number of rotatable bonds is 2. The number of benzene rings is 1. The van der Waals surface area contributed by atoms with Gasteiger partial charge >= 0.3 is 0 Å². The molecular formula is C13H16N4. The van der Waals surface area contributed by atoms with Crippen molar-refractivity contribution in [3.05, 3.63) is 40.6 Å². The first-order valence-electron chi connectivity index (χ1n) is 6.00. The number of hydrogen-bond acceptors (Lipinski definition) is 3. The van der Waals surface area contributed by atoms with Crippen LogP contribution in [0.3, 0.4) is 0 Å². The molecule has 0 amide bonds. The Morgan fingerprint density at radius 1 is 1.29 bits per heavy atom. The van der Waals surface area contributed by atoms with Gasteiger partial charge in [-0.05, 0) is 42.9 Å². The second-order valence-electron chi connectivity index (χ2n) is 4.67. The molecule has 17 heavy (non-hydrogen) atoms. The highest BCUT2D eigenvalue weighted by Crippen LogP contribution is 2.23. The summed E-state index contributed by atoms with van der Waals surface area (Å²) in [5, 5.41) is 7.92. The molecule has 0 bridgehead atoms. The summed E-state index contributed by atoms with van der Waals surface area (Å²) in [4.78, 5) is 0. The van der Waals surface area contributed by atoms with Crippen molar-refractivity contribution in [2.45, 2.75) is 32.7 Å². The van der Waals surface area contributed by atoms with E-state index >= 15 is 0 Å². The number of hydrogen-bond donors (Lipinski definition) is 1. The van der Waals surface area contributed by atoms with Crippen molar-refractivity contribution in [3.63, 3.8) is 0 Å². The minimum atomic E-state index is 0.520. The molecule has 88 valence electrons. The molecule has 2 aromatic rings. The zero-order valence-electron chi connectivity index (χ0n) is 9.98. The summed E-state index contributed by atoms with van der Waals surface area (Å²) in [7, 11) is 0. The van der Waals surface area contributed by atoms with Crippen molar-refractivity contribution in [1.29, 1.82) is 0 Å². The number of anilines is 1. The Labute approximate surface area is 100 Å². The minimum Gasteiger partial charge on any atom is -0.381 e. The van der Waals surface area contributed by atoms with Gasteiger partial charge in [0.2, 0.25) is 0 Å². The summed E-state index contributed by atoms with van der Waals surface area (Å²) >= 11 is 0. The minimum absolute atomic E-state index is 0.520. The van der Waals surface area contributed by atoms with Gasteiger partial charge in [0.05, 0.1) is 12.2 Å².